The molecule has 0 radical (unpaired) electrons. The molecule has 0 aliphatic carbocycles. The van der Waals surface area contributed by atoms with Crippen molar-refractivity contribution in [2.24, 2.45) is 11.7 Å². The van der Waals surface area contributed by atoms with Gasteiger partial charge in [0.25, 0.3) is 0 Å². The molecule has 2 aromatic carbocycles. The Morgan fingerprint density at radius 2 is 1.66 bits per heavy atom. The molecule has 2 heterocycles. The van der Waals surface area contributed by atoms with Crippen molar-refractivity contribution in [3.63, 3.8) is 0 Å². The molecule has 1 amide bonds. The van der Waals surface area contributed by atoms with Crippen LogP contribution >= 0.6 is 23.5 Å². The summed E-state index contributed by atoms with van der Waals surface area (Å²) in [4.78, 5) is 39.4. The van der Waals surface area contributed by atoms with E-state index in [0.717, 1.165) is 22.9 Å². The minimum atomic E-state index is -0.723. The summed E-state index contributed by atoms with van der Waals surface area (Å²) in [7, 11) is 0. The van der Waals surface area contributed by atoms with E-state index in [1.165, 1.54) is 11.8 Å². The van der Waals surface area contributed by atoms with Gasteiger partial charge in [0.05, 0.1) is 16.7 Å². The third-order valence-corrected chi connectivity index (χ3v) is 7.83. The van der Waals surface area contributed by atoms with Gasteiger partial charge in [-0.05, 0) is 16.7 Å². The second-order valence-corrected chi connectivity index (χ2v) is 10.1. The molecule has 3 atom stereocenters. The Morgan fingerprint density at radius 3 is 2.19 bits per heavy atom. The van der Waals surface area contributed by atoms with Gasteiger partial charge >= 0.3 is 5.97 Å². The highest BCUT2D eigenvalue weighted by molar-refractivity contribution is 8.14. The smallest absolute Gasteiger partial charge is 0.356 e. The third kappa shape index (κ3) is 4.35. The summed E-state index contributed by atoms with van der Waals surface area (Å²) < 4.78 is 6.03. The van der Waals surface area contributed by atoms with Gasteiger partial charge in [0.2, 0.25) is 5.91 Å². The molecular formula is C24H24N2O4S2. The number of esters is 1. The lowest BCUT2D eigenvalue weighted by Crippen LogP contribution is -2.61. The molecule has 2 aliphatic rings. The number of thioether (sulfide) groups is 2. The van der Waals surface area contributed by atoms with E-state index >= 15 is 0 Å². The first-order valence-electron chi connectivity index (χ1n) is 10.3. The minimum absolute atomic E-state index is 0.129. The molecule has 0 bridgehead atoms. The van der Waals surface area contributed by atoms with Crippen molar-refractivity contribution in [1.29, 1.82) is 0 Å². The first-order valence-corrected chi connectivity index (χ1v) is 12.2. The number of amides is 1. The molecule has 4 rings (SSSR count). The largest absolute Gasteiger partial charge is 0.448 e. The number of fused-ring (bicyclic) bond motifs is 1. The minimum Gasteiger partial charge on any atom is -0.448 e. The Kier molecular flexibility index (Phi) is 6.74. The normalized spacial score (nSPS) is 21.1. The first kappa shape index (κ1) is 22.6. The van der Waals surface area contributed by atoms with Crippen LogP contribution in [0.15, 0.2) is 71.9 Å². The van der Waals surface area contributed by atoms with Crippen molar-refractivity contribution >= 4 is 40.5 Å². The maximum atomic E-state index is 13.6. The average Bonchev–Trinajstić information content (AvgIpc) is 2.81. The molecule has 166 valence electrons. The van der Waals surface area contributed by atoms with Crippen molar-refractivity contribution in [3.05, 3.63) is 83.1 Å². The van der Waals surface area contributed by atoms with Crippen LogP contribution in [0.3, 0.4) is 0 Å². The summed E-state index contributed by atoms with van der Waals surface area (Å²) in [6.07, 6.45) is -0.642. The second kappa shape index (κ2) is 9.52. The fraction of sp³-hybridized carbons (Fsp3) is 0.292. The van der Waals surface area contributed by atoms with Crippen molar-refractivity contribution in [3.8, 4) is 0 Å². The molecular weight excluding hydrogens is 444 g/mol. The SMILES string of the molecule is CC(=O)SC(N)C1=C(C(=O)OC(c2ccccc2)c2ccccc2)N2C(=O)[C@@H](C)[C@H]2SC1. The fourth-order valence-electron chi connectivity index (χ4n) is 3.91. The van der Waals surface area contributed by atoms with E-state index in [4.69, 9.17) is 10.5 Å². The van der Waals surface area contributed by atoms with Crippen LogP contribution in [0.4, 0.5) is 0 Å². The Bertz CT molecular complexity index is 1020. The van der Waals surface area contributed by atoms with Crippen LogP contribution in [0, 0.1) is 5.92 Å². The number of carbonyl (C=O) groups is 3. The summed E-state index contributed by atoms with van der Waals surface area (Å²) in [5.74, 6) is -0.461. The molecule has 0 spiro atoms. The number of nitrogens with two attached hydrogens (primary N) is 1. The van der Waals surface area contributed by atoms with Crippen molar-refractivity contribution in [2.75, 3.05) is 5.75 Å². The summed E-state index contributed by atoms with van der Waals surface area (Å²) in [5.41, 5.74) is 8.64. The average molecular weight is 469 g/mol. The summed E-state index contributed by atoms with van der Waals surface area (Å²) in [6.45, 7) is 3.28. The van der Waals surface area contributed by atoms with Gasteiger partial charge in [0.15, 0.2) is 11.2 Å². The molecule has 2 aromatic rings. The van der Waals surface area contributed by atoms with Gasteiger partial charge in [-0.2, -0.15) is 0 Å². The van der Waals surface area contributed by atoms with E-state index in [-0.39, 0.29) is 28.0 Å². The quantitative estimate of drug-likeness (QED) is 0.393. The molecule has 1 unspecified atom stereocenters. The first-order chi connectivity index (χ1) is 15.4. The van der Waals surface area contributed by atoms with Crippen LogP contribution in [0.25, 0.3) is 0 Å². The molecule has 6 nitrogen and oxygen atoms in total. The van der Waals surface area contributed by atoms with Crippen LogP contribution in [0.2, 0.25) is 0 Å². The number of benzene rings is 2. The summed E-state index contributed by atoms with van der Waals surface area (Å²) in [5, 5.41) is -1.01. The highest BCUT2D eigenvalue weighted by atomic mass is 32.2. The topological polar surface area (TPSA) is 89.7 Å². The third-order valence-electron chi connectivity index (χ3n) is 5.52. The standard InChI is InChI=1S/C24H24N2O4S2/c1-14-22(28)26-19(18(13-31-23(14)26)21(25)32-15(2)27)24(29)30-20(16-9-5-3-6-10-16)17-11-7-4-8-12-17/h3-12,14,20-21,23H,13,25H2,1-2H3/t14-,21?,23-/m1/s1. The molecule has 0 saturated carbocycles. The van der Waals surface area contributed by atoms with Gasteiger partial charge in [-0.3, -0.25) is 14.5 Å². The predicted octanol–water partition coefficient (Wildman–Crippen LogP) is 3.69. The van der Waals surface area contributed by atoms with Crippen molar-refractivity contribution in [1.82, 2.24) is 4.90 Å². The van der Waals surface area contributed by atoms with Gasteiger partial charge in [-0.25, -0.2) is 4.79 Å². The van der Waals surface area contributed by atoms with Gasteiger partial charge in [0.1, 0.15) is 5.70 Å². The van der Waals surface area contributed by atoms with E-state index in [1.807, 2.05) is 67.6 Å². The monoisotopic (exact) mass is 468 g/mol. The number of β-lactam (4-membered cyclic amide) rings is 1. The molecule has 8 heteroatoms. The maximum absolute atomic E-state index is 13.6. The molecule has 32 heavy (non-hydrogen) atoms. The van der Waals surface area contributed by atoms with E-state index in [9.17, 15) is 14.4 Å². The van der Waals surface area contributed by atoms with Crippen molar-refractivity contribution in [2.45, 2.75) is 30.7 Å². The Hall–Kier alpha value is -2.55. The lowest BCUT2D eigenvalue weighted by atomic mass is 9.97. The molecule has 2 N–H and O–H groups in total. The van der Waals surface area contributed by atoms with Crippen LogP contribution in [0.1, 0.15) is 31.1 Å². The van der Waals surface area contributed by atoms with Gasteiger partial charge in [0, 0.05) is 12.7 Å². The maximum Gasteiger partial charge on any atom is 0.356 e. The zero-order chi connectivity index (χ0) is 22.8. The number of rotatable bonds is 6. The van der Waals surface area contributed by atoms with E-state index in [2.05, 4.69) is 0 Å². The number of nitrogens with zero attached hydrogens (tertiary/aromatic N) is 1. The van der Waals surface area contributed by atoms with Crippen LogP contribution in [0.5, 0.6) is 0 Å². The molecule has 1 fully saturated rings. The van der Waals surface area contributed by atoms with E-state index in [0.29, 0.717) is 11.3 Å². The number of ether oxygens (including phenoxy) is 1. The van der Waals surface area contributed by atoms with Gasteiger partial charge in [-0.15, -0.1) is 11.8 Å². The van der Waals surface area contributed by atoms with Gasteiger partial charge in [-0.1, -0.05) is 79.3 Å². The lowest BCUT2D eigenvalue weighted by molar-refractivity contribution is -0.155. The summed E-state index contributed by atoms with van der Waals surface area (Å²) in [6, 6.07) is 18.9. The van der Waals surface area contributed by atoms with Gasteiger partial charge < -0.3 is 10.5 Å². The molecule has 0 aromatic heterocycles. The Labute approximate surface area is 195 Å². The highest BCUT2D eigenvalue weighted by Gasteiger charge is 2.52. The fourth-order valence-corrected chi connectivity index (χ4v) is 6.14. The second-order valence-electron chi connectivity index (χ2n) is 7.71. The lowest BCUT2D eigenvalue weighted by Gasteiger charge is -2.49. The summed E-state index contributed by atoms with van der Waals surface area (Å²) >= 11 is 2.50. The van der Waals surface area contributed by atoms with E-state index < -0.39 is 17.4 Å². The zero-order valence-corrected chi connectivity index (χ0v) is 19.4. The number of carbonyl (C=O) groups excluding carboxylic acids is 3. The van der Waals surface area contributed by atoms with Crippen molar-refractivity contribution < 1.29 is 19.1 Å². The highest BCUT2D eigenvalue weighted by Crippen LogP contribution is 2.45. The van der Waals surface area contributed by atoms with E-state index in [1.54, 1.807) is 11.8 Å². The number of hydrogen-bond acceptors (Lipinski definition) is 7. The van der Waals surface area contributed by atoms with Crippen LogP contribution in [-0.4, -0.2) is 38.4 Å². The Morgan fingerprint density at radius 1 is 1.09 bits per heavy atom. The zero-order valence-electron chi connectivity index (χ0n) is 17.8. The Balaban J connectivity index is 1.72. The predicted molar refractivity (Wildman–Crippen MR) is 126 cm³/mol. The molecule has 1 saturated heterocycles. The van der Waals surface area contributed by atoms with Crippen LogP contribution in [-0.2, 0) is 19.1 Å². The molecule has 2 aliphatic heterocycles. The van der Waals surface area contributed by atoms with Crippen LogP contribution < -0.4 is 5.73 Å². The number of hydrogen-bond donors (Lipinski definition) is 1.